The largest absolute Gasteiger partial charge is 0.479 e. The number of carbonyl (C=O) groups excluding carboxylic acids is 1. The topological polar surface area (TPSA) is 93.5 Å². The van der Waals surface area contributed by atoms with Crippen LogP contribution in [0.3, 0.4) is 0 Å². The average molecular weight is 267 g/mol. The van der Waals surface area contributed by atoms with Crippen LogP contribution in [0.25, 0.3) is 0 Å². The lowest BCUT2D eigenvalue weighted by Gasteiger charge is -2.23. The zero-order valence-electron chi connectivity index (χ0n) is 10.7. The number of aromatic nitrogens is 2. The number of carboxylic acid groups (broad SMARTS) is 1. The molecule has 2 rings (SSSR count). The summed E-state index contributed by atoms with van der Waals surface area (Å²) in [6.45, 7) is 1.09. The van der Waals surface area contributed by atoms with Gasteiger partial charge >= 0.3 is 5.97 Å². The molecule has 7 nitrogen and oxygen atoms in total. The first-order valence-electron chi connectivity index (χ1n) is 6.17. The fraction of sp³-hybridized carbons (Fsp3) is 0.583. The molecule has 0 aromatic carbocycles. The monoisotopic (exact) mass is 267 g/mol. The highest BCUT2D eigenvalue weighted by Gasteiger charge is 2.28. The summed E-state index contributed by atoms with van der Waals surface area (Å²) in [5, 5.41) is 15.7. The molecule has 0 saturated carbocycles. The molecule has 0 spiro atoms. The molecule has 2 heterocycles. The van der Waals surface area contributed by atoms with Crippen molar-refractivity contribution in [3.63, 3.8) is 0 Å². The van der Waals surface area contributed by atoms with E-state index in [0.29, 0.717) is 31.6 Å². The number of rotatable bonds is 4. The van der Waals surface area contributed by atoms with Gasteiger partial charge < -0.3 is 15.2 Å². The molecule has 19 heavy (non-hydrogen) atoms. The fourth-order valence-corrected chi connectivity index (χ4v) is 2.10. The second-order valence-corrected chi connectivity index (χ2v) is 4.61. The van der Waals surface area contributed by atoms with Crippen LogP contribution in [-0.4, -0.2) is 40.0 Å². The molecule has 0 aliphatic carbocycles. The van der Waals surface area contributed by atoms with E-state index in [1.54, 1.807) is 13.2 Å². The van der Waals surface area contributed by atoms with Gasteiger partial charge in [-0.05, 0) is 12.8 Å². The lowest BCUT2D eigenvalue weighted by atomic mass is 9.98. The van der Waals surface area contributed by atoms with Gasteiger partial charge in [0.1, 0.15) is 0 Å². The maximum atomic E-state index is 12.0. The normalized spacial score (nSPS) is 17.9. The van der Waals surface area contributed by atoms with Gasteiger partial charge in [-0.3, -0.25) is 9.48 Å². The fourth-order valence-electron chi connectivity index (χ4n) is 2.10. The molecule has 0 bridgehead atoms. The first kappa shape index (κ1) is 13.5. The molecule has 0 radical (unpaired) electrons. The second kappa shape index (κ2) is 5.83. The van der Waals surface area contributed by atoms with Gasteiger partial charge in [0.25, 0.3) is 0 Å². The summed E-state index contributed by atoms with van der Waals surface area (Å²) >= 11 is 0. The number of aryl methyl sites for hydroxylation is 1. The highest BCUT2D eigenvalue weighted by Crippen LogP contribution is 2.18. The Labute approximate surface area is 110 Å². The van der Waals surface area contributed by atoms with Gasteiger partial charge in [0, 0.05) is 37.9 Å². The molecule has 1 atom stereocenters. The van der Waals surface area contributed by atoms with Crippen molar-refractivity contribution in [3.05, 3.63) is 18.0 Å². The van der Waals surface area contributed by atoms with E-state index in [1.165, 1.54) is 10.9 Å². The smallest absolute Gasteiger partial charge is 0.331 e. The maximum absolute atomic E-state index is 12.0. The number of carbonyl (C=O) groups is 2. The summed E-state index contributed by atoms with van der Waals surface area (Å²) < 4.78 is 6.69. The Kier molecular flexibility index (Phi) is 4.16. The van der Waals surface area contributed by atoms with Crippen molar-refractivity contribution in [2.45, 2.75) is 18.9 Å². The molecule has 1 aromatic rings. The van der Waals surface area contributed by atoms with Crippen molar-refractivity contribution < 1.29 is 19.4 Å². The van der Waals surface area contributed by atoms with Crippen molar-refractivity contribution in [2.75, 3.05) is 13.2 Å². The molecule has 1 amide bonds. The predicted octanol–water partition coefficient (Wildman–Crippen LogP) is 0.0886. The molecule has 1 unspecified atom stereocenters. The van der Waals surface area contributed by atoms with Gasteiger partial charge in [-0.25, -0.2) is 4.79 Å². The number of ether oxygens (including phenoxy) is 1. The molecule has 1 fully saturated rings. The quantitative estimate of drug-likeness (QED) is 0.806. The lowest BCUT2D eigenvalue weighted by molar-refractivity contribution is -0.143. The third-order valence-corrected chi connectivity index (χ3v) is 3.18. The van der Waals surface area contributed by atoms with E-state index in [1.807, 2.05) is 0 Å². The summed E-state index contributed by atoms with van der Waals surface area (Å²) in [5.41, 5.74) is 0.468. The minimum Gasteiger partial charge on any atom is -0.479 e. The molecule has 1 aromatic heterocycles. The van der Waals surface area contributed by atoms with Crippen LogP contribution < -0.4 is 5.32 Å². The maximum Gasteiger partial charge on any atom is 0.331 e. The van der Waals surface area contributed by atoms with E-state index >= 15 is 0 Å². The van der Waals surface area contributed by atoms with E-state index < -0.39 is 12.0 Å². The van der Waals surface area contributed by atoms with Crippen LogP contribution in [0.5, 0.6) is 0 Å². The number of nitrogens with zero attached hydrogens (tertiary/aromatic N) is 2. The Morgan fingerprint density at radius 3 is 2.74 bits per heavy atom. The van der Waals surface area contributed by atoms with Gasteiger partial charge in [0.2, 0.25) is 5.91 Å². The van der Waals surface area contributed by atoms with Crippen LogP contribution >= 0.6 is 0 Å². The minimum atomic E-state index is -1.09. The molecule has 7 heteroatoms. The van der Waals surface area contributed by atoms with E-state index in [9.17, 15) is 14.7 Å². The number of nitrogens with one attached hydrogen (secondary N) is 1. The molecule has 2 N–H and O–H groups in total. The molecule has 1 aliphatic rings. The van der Waals surface area contributed by atoms with Gasteiger partial charge in [0.05, 0.1) is 6.20 Å². The van der Waals surface area contributed by atoms with Gasteiger partial charge in [-0.15, -0.1) is 0 Å². The van der Waals surface area contributed by atoms with Crippen molar-refractivity contribution in [3.8, 4) is 0 Å². The molecular formula is C12H17N3O4. The number of hydrogen-bond donors (Lipinski definition) is 2. The summed E-state index contributed by atoms with van der Waals surface area (Å²) in [5.74, 6) is -1.50. The number of amides is 1. The Morgan fingerprint density at radius 1 is 1.53 bits per heavy atom. The number of carboxylic acids is 1. The molecule has 1 aliphatic heterocycles. The van der Waals surface area contributed by atoms with Crippen molar-refractivity contribution in [1.82, 2.24) is 15.1 Å². The van der Waals surface area contributed by atoms with Gasteiger partial charge in [-0.2, -0.15) is 5.10 Å². The minimum absolute atomic E-state index is 0.174. The summed E-state index contributed by atoms with van der Waals surface area (Å²) in [6, 6.07) is -1.05. The van der Waals surface area contributed by atoms with Crippen LogP contribution in [0.2, 0.25) is 0 Å². The number of hydrogen-bond acceptors (Lipinski definition) is 4. The third kappa shape index (κ3) is 3.31. The van der Waals surface area contributed by atoms with Crippen LogP contribution in [0, 0.1) is 5.92 Å². The van der Waals surface area contributed by atoms with Crippen LogP contribution in [0.15, 0.2) is 12.4 Å². The SMILES string of the molecule is Cn1cc(C(NC(=O)C2CCOCC2)C(=O)O)cn1. The van der Waals surface area contributed by atoms with Crippen LogP contribution in [-0.2, 0) is 21.4 Å². The molecular weight excluding hydrogens is 250 g/mol. The predicted molar refractivity (Wildman–Crippen MR) is 65.3 cm³/mol. The highest BCUT2D eigenvalue weighted by molar-refractivity contribution is 5.85. The van der Waals surface area contributed by atoms with E-state index in [0.717, 1.165) is 0 Å². The second-order valence-electron chi connectivity index (χ2n) is 4.61. The zero-order valence-corrected chi connectivity index (χ0v) is 10.7. The summed E-state index contributed by atoms with van der Waals surface area (Å²) in [7, 11) is 1.70. The molecule has 1 saturated heterocycles. The third-order valence-electron chi connectivity index (χ3n) is 3.18. The molecule has 104 valence electrons. The number of aliphatic carboxylic acids is 1. The lowest BCUT2D eigenvalue weighted by Crippen LogP contribution is -2.39. The Hall–Kier alpha value is -1.89. The van der Waals surface area contributed by atoms with Gasteiger partial charge in [-0.1, -0.05) is 0 Å². The van der Waals surface area contributed by atoms with E-state index in [2.05, 4.69) is 10.4 Å². The van der Waals surface area contributed by atoms with Crippen molar-refractivity contribution in [1.29, 1.82) is 0 Å². The van der Waals surface area contributed by atoms with Crippen LogP contribution in [0.4, 0.5) is 0 Å². The average Bonchev–Trinajstić information content (AvgIpc) is 2.82. The first-order valence-corrected chi connectivity index (χ1v) is 6.17. The zero-order chi connectivity index (χ0) is 13.8. The van der Waals surface area contributed by atoms with E-state index in [-0.39, 0.29) is 11.8 Å². The van der Waals surface area contributed by atoms with Crippen LogP contribution in [0.1, 0.15) is 24.4 Å². The Morgan fingerprint density at radius 2 is 2.21 bits per heavy atom. The highest BCUT2D eigenvalue weighted by atomic mass is 16.5. The van der Waals surface area contributed by atoms with E-state index in [4.69, 9.17) is 4.74 Å². The summed E-state index contributed by atoms with van der Waals surface area (Å²) in [6.07, 6.45) is 4.29. The van der Waals surface area contributed by atoms with Crippen molar-refractivity contribution in [2.24, 2.45) is 13.0 Å². The van der Waals surface area contributed by atoms with Crippen molar-refractivity contribution >= 4 is 11.9 Å². The summed E-state index contributed by atoms with van der Waals surface area (Å²) in [4.78, 5) is 23.3. The Bertz CT molecular complexity index is 465. The Balaban J connectivity index is 2.04. The first-order chi connectivity index (χ1) is 9.08. The standard InChI is InChI=1S/C12H17N3O4/c1-15-7-9(6-13-15)10(12(17)18)14-11(16)8-2-4-19-5-3-8/h6-8,10H,2-5H2,1H3,(H,14,16)(H,17,18). The van der Waals surface area contributed by atoms with Gasteiger partial charge in [0.15, 0.2) is 6.04 Å².